The highest BCUT2D eigenvalue weighted by Gasteiger charge is 2.08. The quantitative estimate of drug-likeness (QED) is 0.910. The molecule has 0 spiro atoms. The molecule has 1 atom stereocenters. The fourth-order valence-corrected chi connectivity index (χ4v) is 2.52. The molecule has 1 unspecified atom stereocenters. The first-order chi connectivity index (χ1) is 8.08. The van der Waals surface area contributed by atoms with Crippen LogP contribution in [0.4, 0.5) is 0 Å². The molecule has 0 saturated carbocycles. The van der Waals surface area contributed by atoms with Crippen LogP contribution >= 0.6 is 27.5 Å². The second-order valence-corrected chi connectivity index (χ2v) is 5.30. The van der Waals surface area contributed by atoms with Crippen molar-refractivity contribution in [2.75, 3.05) is 0 Å². The first-order valence-electron chi connectivity index (χ1n) is 5.35. The molecule has 1 aromatic heterocycles. The van der Waals surface area contributed by atoms with Gasteiger partial charge in [0.2, 0.25) is 0 Å². The van der Waals surface area contributed by atoms with E-state index in [-0.39, 0.29) is 0 Å². The predicted molar refractivity (Wildman–Crippen MR) is 73.3 cm³/mol. The van der Waals surface area contributed by atoms with Crippen LogP contribution in [0.5, 0.6) is 0 Å². The summed E-state index contributed by atoms with van der Waals surface area (Å²) in [6, 6.07) is 9.67. The first-order valence-corrected chi connectivity index (χ1v) is 6.52. The molecule has 0 amide bonds. The van der Waals surface area contributed by atoms with Crippen LogP contribution in [0, 0.1) is 0 Å². The molecule has 2 rings (SSSR count). The van der Waals surface area contributed by atoms with Crippen molar-refractivity contribution >= 4 is 27.5 Å². The molecular weight excluding hydrogens is 302 g/mol. The van der Waals surface area contributed by atoms with E-state index >= 15 is 0 Å². The van der Waals surface area contributed by atoms with E-state index in [0.29, 0.717) is 6.54 Å². The number of halogens is 2. The first kappa shape index (κ1) is 12.7. The van der Waals surface area contributed by atoms with Crippen LogP contribution in [-0.4, -0.2) is 9.67 Å². The Morgan fingerprint density at radius 2 is 2.18 bits per heavy atom. The van der Waals surface area contributed by atoms with Gasteiger partial charge < -0.3 is 9.67 Å². The minimum atomic E-state index is -0.473. The summed E-state index contributed by atoms with van der Waals surface area (Å²) in [6.45, 7) is 2.42. The largest absolute Gasteiger partial charge is 0.387 e. The van der Waals surface area contributed by atoms with Crippen LogP contribution in [0.3, 0.4) is 0 Å². The van der Waals surface area contributed by atoms with E-state index in [1.807, 2.05) is 41.1 Å². The van der Waals surface area contributed by atoms with Crippen LogP contribution < -0.4 is 0 Å². The maximum atomic E-state index is 9.62. The van der Waals surface area contributed by atoms with E-state index in [1.54, 1.807) is 6.92 Å². The second-order valence-electron chi connectivity index (χ2n) is 3.97. The average Bonchev–Trinajstić information content (AvgIpc) is 2.70. The lowest BCUT2D eigenvalue weighted by Gasteiger charge is -2.12. The van der Waals surface area contributed by atoms with E-state index in [4.69, 9.17) is 11.6 Å². The zero-order valence-electron chi connectivity index (χ0n) is 9.40. The molecule has 1 aromatic carbocycles. The molecule has 0 bridgehead atoms. The lowest BCUT2D eigenvalue weighted by atomic mass is 10.2. The number of rotatable bonds is 3. The standard InChI is InChI=1S/C13H13BrClNO/c1-9(17)13-3-2-6-16(13)8-10-4-5-11(14)7-12(10)15/h2-7,9,17H,8H2,1H3. The molecule has 2 nitrogen and oxygen atoms in total. The molecule has 0 saturated heterocycles. The summed E-state index contributed by atoms with van der Waals surface area (Å²) in [7, 11) is 0. The third-order valence-electron chi connectivity index (χ3n) is 2.65. The second kappa shape index (κ2) is 5.25. The fourth-order valence-electron chi connectivity index (χ4n) is 1.78. The van der Waals surface area contributed by atoms with Crippen molar-refractivity contribution in [3.05, 3.63) is 57.3 Å². The summed E-state index contributed by atoms with van der Waals surface area (Å²) >= 11 is 9.55. The van der Waals surface area contributed by atoms with Gasteiger partial charge in [0.05, 0.1) is 6.10 Å². The van der Waals surface area contributed by atoms with E-state index in [9.17, 15) is 5.11 Å². The molecule has 0 fully saturated rings. The Morgan fingerprint density at radius 3 is 2.82 bits per heavy atom. The number of aliphatic hydroxyl groups is 1. The summed E-state index contributed by atoms with van der Waals surface area (Å²) in [4.78, 5) is 0. The van der Waals surface area contributed by atoms with Crippen LogP contribution in [0.15, 0.2) is 41.0 Å². The van der Waals surface area contributed by atoms with Gasteiger partial charge in [-0.25, -0.2) is 0 Å². The summed E-state index contributed by atoms with van der Waals surface area (Å²) < 4.78 is 2.97. The molecule has 0 aliphatic rings. The Hall–Kier alpha value is -0.770. The number of aromatic nitrogens is 1. The molecular formula is C13H13BrClNO. The number of benzene rings is 1. The van der Waals surface area contributed by atoms with Crippen LogP contribution in [-0.2, 0) is 6.54 Å². The van der Waals surface area contributed by atoms with Gasteiger partial charge in [0.1, 0.15) is 0 Å². The molecule has 2 aromatic rings. The van der Waals surface area contributed by atoms with Gasteiger partial charge in [-0.3, -0.25) is 0 Å². The van der Waals surface area contributed by atoms with Crippen molar-refractivity contribution in [1.29, 1.82) is 0 Å². The van der Waals surface area contributed by atoms with Crippen molar-refractivity contribution < 1.29 is 5.11 Å². The molecule has 90 valence electrons. The summed E-state index contributed by atoms with van der Waals surface area (Å²) in [5.41, 5.74) is 1.93. The van der Waals surface area contributed by atoms with Gasteiger partial charge in [0, 0.05) is 27.9 Å². The van der Waals surface area contributed by atoms with E-state index in [1.165, 1.54) is 0 Å². The number of hydrogen-bond acceptors (Lipinski definition) is 1. The van der Waals surface area contributed by atoms with Gasteiger partial charge in [0.25, 0.3) is 0 Å². The van der Waals surface area contributed by atoms with Gasteiger partial charge in [0.15, 0.2) is 0 Å². The number of aliphatic hydroxyl groups excluding tert-OH is 1. The average molecular weight is 315 g/mol. The Balaban J connectivity index is 2.28. The maximum absolute atomic E-state index is 9.62. The van der Waals surface area contributed by atoms with Crippen molar-refractivity contribution in [2.45, 2.75) is 19.6 Å². The van der Waals surface area contributed by atoms with Crippen molar-refractivity contribution in [1.82, 2.24) is 4.57 Å². The van der Waals surface area contributed by atoms with Gasteiger partial charge in [-0.2, -0.15) is 0 Å². The van der Waals surface area contributed by atoms with Gasteiger partial charge in [-0.15, -0.1) is 0 Å². The molecule has 0 radical (unpaired) electrons. The normalized spacial score (nSPS) is 12.7. The fraction of sp³-hybridized carbons (Fsp3) is 0.231. The summed E-state index contributed by atoms with van der Waals surface area (Å²) in [6.07, 6.45) is 1.47. The molecule has 4 heteroatoms. The van der Waals surface area contributed by atoms with Gasteiger partial charge in [-0.05, 0) is 36.8 Å². The Labute approximate surface area is 114 Å². The SMILES string of the molecule is CC(O)c1cccn1Cc1ccc(Br)cc1Cl. The highest BCUT2D eigenvalue weighted by Crippen LogP contribution is 2.23. The maximum Gasteiger partial charge on any atom is 0.0911 e. The smallest absolute Gasteiger partial charge is 0.0911 e. The highest BCUT2D eigenvalue weighted by atomic mass is 79.9. The minimum Gasteiger partial charge on any atom is -0.387 e. The Kier molecular flexibility index (Phi) is 3.92. The van der Waals surface area contributed by atoms with Crippen LogP contribution in [0.25, 0.3) is 0 Å². The van der Waals surface area contributed by atoms with E-state index in [0.717, 1.165) is 20.8 Å². The summed E-state index contributed by atoms with van der Waals surface area (Å²) in [5, 5.41) is 10.4. The monoisotopic (exact) mass is 313 g/mol. The van der Waals surface area contributed by atoms with E-state index < -0.39 is 6.10 Å². The lowest BCUT2D eigenvalue weighted by Crippen LogP contribution is -2.06. The lowest BCUT2D eigenvalue weighted by molar-refractivity contribution is 0.190. The molecule has 17 heavy (non-hydrogen) atoms. The Morgan fingerprint density at radius 1 is 1.41 bits per heavy atom. The van der Waals surface area contributed by atoms with Crippen LogP contribution in [0.1, 0.15) is 24.3 Å². The topological polar surface area (TPSA) is 25.2 Å². The Bertz CT molecular complexity index is 522. The van der Waals surface area contributed by atoms with Crippen molar-refractivity contribution in [3.8, 4) is 0 Å². The van der Waals surface area contributed by atoms with E-state index in [2.05, 4.69) is 15.9 Å². The molecule has 1 heterocycles. The van der Waals surface area contributed by atoms with Crippen molar-refractivity contribution in [3.63, 3.8) is 0 Å². The highest BCUT2D eigenvalue weighted by molar-refractivity contribution is 9.10. The third kappa shape index (κ3) is 2.92. The summed E-state index contributed by atoms with van der Waals surface area (Å²) in [5.74, 6) is 0. The number of hydrogen-bond donors (Lipinski definition) is 1. The predicted octanol–water partition coefficient (Wildman–Crippen LogP) is 4.01. The van der Waals surface area contributed by atoms with Crippen LogP contribution in [0.2, 0.25) is 5.02 Å². The zero-order chi connectivity index (χ0) is 12.4. The third-order valence-corrected chi connectivity index (χ3v) is 3.49. The zero-order valence-corrected chi connectivity index (χ0v) is 11.7. The number of nitrogens with zero attached hydrogens (tertiary/aromatic N) is 1. The molecule has 0 aliphatic heterocycles. The van der Waals surface area contributed by atoms with Crippen molar-refractivity contribution in [2.24, 2.45) is 0 Å². The molecule has 1 N–H and O–H groups in total. The van der Waals surface area contributed by atoms with Gasteiger partial charge in [-0.1, -0.05) is 33.6 Å². The van der Waals surface area contributed by atoms with Gasteiger partial charge >= 0.3 is 0 Å². The minimum absolute atomic E-state index is 0.473. The molecule has 0 aliphatic carbocycles.